The van der Waals surface area contributed by atoms with Gasteiger partial charge in [0.15, 0.2) is 11.0 Å². The van der Waals surface area contributed by atoms with E-state index in [1.165, 1.54) is 11.8 Å². The Morgan fingerprint density at radius 3 is 2.50 bits per heavy atom. The van der Waals surface area contributed by atoms with Gasteiger partial charge in [-0.2, -0.15) is 0 Å². The zero-order chi connectivity index (χ0) is 21.9. The highest BCUT2D eigenvalue weighted by atomic mass is 32.2. The van der Waals surface area contributed by atoms with Gasteiger partial charge in [-0.15, -0.1) is 10.2 Å². The first-order valence-corrected chi connectivity index (χ1v) is 10.7. The van der Waals surface area contributed by atoms with Crippen LogP contribution in [0, 0.1) is 0 Å². The lowest BCUT2D eigenvalue weighted by Gasteiger charge is -2.14. The fraction of sp³-hybridized carbons (Fsp3) is 0.429. The predicted octanol–water partition coefficient (Wildman–Crippen LogP) is 4.55. The summed E-state index contributed by atoms with van der Waals surface area (Å²) in [4.78, 5) is 12.4. The van der Waals surface area contributed by atoms with Gasteiger partial charge in [-0.1, -0.05) is 37.7 Å². The first-order chi connectivity index (χ1) is 14.2. The van der Waals surface area contributed by atoms with Gasteiger partial charge in [0.05, 0.1) is 18.6 Å². The smallest absolute Gasteiger partial charge is 0.237 e. The Bertz CT molecular complexity index is 1000. The molecule has 3 rings (SSSR count). The lowest BCUT2D eigenvalue weighted by molar-refractivity contribution is -0.113. The van der Waals surface area contributed by atoms with Crippen molar-refractivity contribution in [2.75, 3.05) is 18.2 Å². The molecule has 30 heavy (non-hydrogen) atoms. The Hall–Kier alpha value is -2.81. The van der Waals surface area contributed by atoms with Crippen molar-refractivity contribution in [1.29, 1.82) is 0 Å². The Morgan fingerprint density at radius 1 is 1.23 bits per heavy atom. The van der Waals surface area contributed by atoms with Crippen LogP contribution in [0.25, 0.3) is 11.4 Å². The number of thioether (sulfide) groups is 1. The molecule has 2 heterocycles. The van der Waals surface area contributed by atoms with Crippen molar-refractivity contribution in [3.8, 4) is 17.1 Å². The van der Waals surface area contributed by atoms with Crippen LogP contribution in [0.3, 0.4) is 0 Å². The SMILES string of the molecule is COc1ccc(-c2nnc(SCC(=O)Nc3cc(C(C)(C)C)no3)n2C(C)C)cc1. The second-order valence-corrected chi connectivity index (χ2v) is 9.10. The summed E-state index contributed by atoms with van der Waals surface area (Å²) in [6, 6.07) is 9.54. The number of rotatable bonds is 7. The van der Waals surface area contributed by atoms with Gasteiger partial charge in [-0.3, -0.25) is 14.7 Å². The van der Waals surface area contributed by atoms with Gasteiger partial charge in [0.1, 0.15) is 5.75 Å². The highest BCUT2D eigenvalue weighted by Gasteiger charge is 2.21. The highest BCUT2D eigenvalue weighted by Crippen LogP contribution is 2.29. The monoisotopic (exact) mass is 429 g/mol. The van der Waals surface area contributed by atoms with Crippen molar-refractivity contribution < 1.29 is 14.1 Å². The Labute approximate surface area is 180 Å². The summed E-state index contributed by atoms with van der Waals surface area (Å²) >= 11 is 1.33. The van der Waals surface area contributed by atoms with E-state index in [0.717, 1.165) is 22.8 Å². The fourth-order valence-electron chi connectivity index (χ4n) is 2.77. The maximum atomic E-state index is 12.4. The van der Waals surface area contributed by atoms with Gasteiger partial charge < -0.3 is 9.26 Å². The molecule has 9 heteroatoms. The third kappa shape index (κ3) is 5.02. The molecule has 8 nitrogen and oxygen atoms in total. The first kappa shape index (κ1) is 21.9. The quantitative estimate of drug-likeness (QED) is 0.550. The Kier molecular flexibility index (Phi) is 6.50. The minimum atomic E-state index is -0.194. The summed E-state index contributed by atoms with van der Waals surface area (Å²) in [6.07, 6.45) is 0. The number of nitrogens with zero attached hydrogens (tertiary/aromatic N) is 4. The van der Waals surface area contributed by atoms with Crippen LogP contribution in [0.4, 0.5) is 5.88 Å². The molecule has 0 aliphatic heterocycles. The lowest BCUT2D eigenvalue weighted by atomic mass is 9.92. The van der Waals surface area contributed by atoms with E-state index in [1.807, 2.05) is 49.6 Å². The number of aromatic nitrogens is 4. The average Bonchev–Trinajstić information content (AvgIpc) is 3.33. The maximum absolute atomic E-state index is 12.4. The maximum Gasteiger partial charge on any atom is 0.237 e. The second kappa shape index (κ2) is 8.91. The van der Waals surface area contributed by atoms with Gasteiger partial charge in [0.2, 0.25) is 11.8 Å². The van der Waals surface area contributed by atoms with Crippen molar-refractivity contribution >= 4 is 23.6 Å². The molecule has 0 saturated carbocycles. The van der Waals surface area contributed by atoms with Gasteiger partial charge in [0, 0.05) is 23.1 Å². The van der Waals surface area contributed by atoms with Crippen LogP contribution >= 0.6 is 11.8 Å². The largest absolute Gasteiger partial charge is 0.497 e. The van der Waals surface area contributed by atoms with E-state index in [4.69, 9.17) is 9.26 Å². The van der Waals surface area contributed by atoms with Crippen LogP contribution < -0.4 is 10.1 Å². The Morgan fingerprint density at radius 2 is 1.93 bits per heavy atom. The molecule has 1 amide bonds. The van der Waals surface area contributed by atoms with E-state index in [1.54, 1.807) is 13.2 Å². The molecule has 0 unspecified atom stereocenters. The minimum Gasteiger partial charge on any atom is -0.497 e. The van der Waals surface area contributed by atoms with Gasteiger partial charge in [-0.05, 0) is 38.1 Å². The van der Waals surface area contributed by atoms with E-state index in [9.17, 15) is 4.79 Å². The zero-order valence-corrected chi connectivity index (χ0v) is 18.9. The summed E-state index contributed by atoms with van der Waals surface area (Å²) < 4.78 is 12.5. The van der Waals surface area contributed by atoms with E-state index in [0.29, 0.717) is 11.0 Å². The summed E-state index contributed by atoms with van der Waals surface area (Å²) in [6.45, 7) is 10.2. The summed E-state index contributed by atoms with van der Waals surface area (Å²) in [5.74, 6) is 1.86. The molecule has 3 aromatic rings. The van der Waals surface area contributed by atoms with Crippen molar-refractivity contribution in [3.63, 3.8) is 0 Å². The molecule has 0 radical (unpaired) electrons. The third-order valence-electron chi connectivity index (χ3n) is 4.40. The van der Waals surface area contributed by atoms with E-state index in [2.05, 4.69) is 34.5 Å². The van der Waals surface area contributed by atoms with E-state index in [-0.39, 0.29) is 23.1 Å². The zero-order valence-electron chi connectivity index (χ0n) is 18.1. The molecule has 2 aromatic heterocycles. The second-order valence-electron chi connectivity index (χ2n) is 8.16. The fourth-order valence-corrected chi connectivity index (χ4v) is 3.64. The van der Waals surface area contributed by atoms with Gasteiger partial charge in [0.25, 0.3) is 0 Å². The normalized spacial score (nSPS) is 11.7. The predicted molar refractivity (Wildman–Crippen MR) is 117 cm³/mol. The molecule has 0 bridgehead atoms. The lowest BCUT2D eigenvalue weighted by Crippen LogP contribution is -2.15. The van der Waals surface area contributed by atoms with Crippen LogP contribution in [0.5, 0.6) is 5.75 Å². The first-order valence-electron chi connectivity index (χ1n) is 9.68. The molecule has 0 saturated heterocycles. The topological polar surface area (TPSA) is 95.1 Å². The van der Waals surface area contributed by atoms with E-state index < -0.39 is 0 Å². The van der Waals surface area contributed by atoms with Crippen molar-refractivity contribution in [1.82, 2.24) is 19.9 Å². The number of hydrogen-bond acceptors (Lipinski definition) is 7. The van der Waals surface area contributed by atoms with Gasteiger partial charge >= 0.3 is 0 Å². The molecule has 1 N–H and O–H groups in total. The highest BCUT2D eigenvalue weighted by molar-refractivity contribution is 7.99. The number of hydrogen-bond donors (Lipinski definition) is 1. The number of carbonyl (C=O) groups excluding carboxylic acids is 1. The molecule has 0 spiro atoms. The molecule has 0 aliphatic carbocycles. The number of ether oxygens (including phenoxy) is 1. The third-order valence-corrected chi connectivity index (χ3v) is 5.35. The molecule has 0 atom stereocenters. The molecule has 0 fully saturated rings. The molecular formula is C21H27N5O3S. The summed E-state index contributed by atoms with van der Waals surface area (Å²) in [7, 11) is 1.63. The van der Waals surface area contributed by atoms with Gasteiger partial charge in [-0.25, -0.2) is 0 Å². The van der Waals surface area contributed by atoms with Crippen LogP contribution in [0.2, 0.25) is 0 Å². The standard InChI is InChI=1S/C21H27N5O3S/c1-13(2)26-19(14-7-9-15(28-6)10-8-14)23-24-20(26)30-12-17(27)22-18-11-16(25-29-18)21(3,4)5/h7-11,13H,12H2,1-6H3,(H,22,27). The summed E-state index contributed by atoms with van der Waals surface area (Å²) in [5, 5.41) is 16.1. The van der Waals surface area contributed by atoms with Crippen molar-refractivity contribution in [2.45, 2.75) is 51.2 Å². The molecule has 1 aromatic carbocycles. The van der Waals surface area contributed by atoms with Crippen molar-refractivity contribution in [2.24, 2.45) is 0 Å². The number of benzene rings is 1. The molecule has 160 valence electrons. The van der Waals surface area contributed by atoms with Crippen LogP contribution in [0.15, 0.2) is 40.0 Å². The number of anilines is 1. The molecule has 0 aliphatic rings. The van der Waals surface area contributed by atoms with Crippen LogP contribution in [-0.2, 0) is 10.2 Å². The number of amides is 1. The minimum absolute atomic E-state index is 0.131. The number of nitrogens with one attached hydrogen (secondary N) is 1. The number of methoxy groups -OCH3 is 1. The van der Waals surface area contributed by atoms with E-state index >= 15 is 0 Å². The average molecular weight is 430 g/mol. The number of carbonyl (C=O) groups is 1. The van der Waals surface area contributed by atoms with Crippen LogP contribution in [-0.4, -0.2) is 38.7 Å². The van der Waals surface area contributed by atoms with Crippen LogP contribution in [0.1, 0.15) is 46.4 Å². The van der Waals surface area contributed by atoms with Crippen molar-refractivity contribution in [3.05, 3.63) is 36.0 Å². The summed E-state index contributed by atoms with van der Waals surface area (Å²) in [5.41, 5.74) is 1.58. The molecular weight excluding hydrogens is 402 g/mol. The Balaban J connectivity index is 1.69.